The van der Waals surface area contributed by atoms with Crippen molar-refractivity contribution < 1.29 is 14.3 Å². The van der Waals surface area contributed by atoms with E-state index >= 15 is 0 Å². The van der Waals surface area contributed by atoms with Crippen LogP contribution in [0.15, 0.2) is 54.6 Å². The number of para-hydroxylation sites is 1. The van der Waals surface area contributed by atoms with Crippen LogP contribution in [0.3, 0.4) is 0 Å². The van der Waals surface area contributed by atoms with E-state index in [1.165, 1.54) is 0 Å². The van der Waals surface area contributed by atoms with Gasteiger partial charge >= 0.3 is 0 Å². The lowest BCUT2D eigenvalue weighted by atomic mass is 9.93. The molecule has 2 amide bonds. The molecule has 1 saturated heterocycles. The summed E-state index contributed by atoms with van der Waals surface area (Å²) in [6, 6.07) is 17.1. The molecular weight excluding hydrogens is 412 g/mol. The Kier molecular flexibility index (Phi) is 6.81. The topological polar surface area (TPSA) is 58.6 Å². The van der Waals surface area contributed by atoms with Crippen molar-refractivity contribution in [1.29, 1.82) is 0 Å². The van der Waals surface area contributed by atoms with E-state index in [1.807, 2.05) is 59.5 Å². The predicted molar refractivity (Wildman–Crippen MR) is 121 cm³/mol. The number of nitrogens with zero attached hydrogens (tertiary/aromatic N) is 1. The third-order valence-electron chi connectivity index (χ3n) is 6.33. The second-order valence-corrected chi connectivity index (χ2v) is 8.99. The Hall–Kier alpha value is -2.53. The summed E-state index contributed by atoms with van der Waals surface area (Å²) in [5, 5.41) is 3.84. The number of piperidine rings is 1. The quantitative estimate of drug-likeness (QED) is 0.669. The fourth-order valence-electron chi connectivity index (χ4n) is 4.34. The number of ether oxygens (including phenoxy) is 1. The normalized spacial score (nSPS) is 19.5. The molecule has 1 saturated carbocycles. The molecule has 2 aliphatic rings. The number of halogens is 1. The van der Waals surface area contributed by atoms with Crippen LogP contribution in [0.1, 0.15) is 37.7 Å². The molecule has 0 bridgehead atoms. The molecular formula is C25H29ClN2O3. The van der Waals surface area contributed by atoms with Crippen molar-refractivity contribution in [3.05, 3.63) is 65.2 Å². The van der Waals surface area contributed by atoms with E-state index < -0.39 is 5.41 Å². The number of carbonyl (C=O) groups excluding carboxylic acids is 2. The van der Waals surface area contributed by atoms with Crippen molar-refractivity contribution in [2.45, 2.75) is 37.5 Å². The molecule has 2 fully saturated rings. The van der Waals surface area contributed by atoms with E-state index in [2.05, 4.69) is 5.32 Å². The van der Waals surface area contributed by atoms with E-state index in [0.29, 0.717) is 31.1 Å². The Morgan fingerprint density at radius 3 is 2.55 bits per heavy atom. The van der Waals surface area contributed by atoms with Crippen molar-refractivity contribution >= 4 is 23.4 Å². The molecule has 0 radical (unpaired) electrons. The minimum Gasteiger partial charge on any atom is -0.493 e. The average Bonchev–Trinajstić information content (AvgIpc) is 3.61. The lowest BCUT2D eigenvalue weighted by molar-refractivity contribution is -0.133. The maximum atomic E-state index is 12.9. The second kappa shape index (κ2) is 9.73. The van der Waals surface area contributed by atoms with Gasteiger partial charge in [0.2, 0.25) is 11.8 Å². The fraction of sp³-hybridized carbons (Fsp3) is 0.440. The Bertz CT molecular complexity index is 897. The zero-order valence-electron chi connectivity index (χ0n) is 17.7. The van der Waals surface area contributed by atoms with E-state index in [1.54, 1.807) is 0 Å². The Labute approximate surface area is 188 Å². The molecule has 5 nitrogen and oxygen atoms in total. The van der Waals surface area contributed by atoms with Crippen molar-refractivity contribution in [2.75, 3.05) is 26.2 Å². The Morgan fingerprint density at radius 2 is 1.84 bits per heavy atom. The maximum Gasteiger partial charge on any atom is 0.230 e. The van der Waals surface area contributed by atoms with E-state index in [4.69, 9.17) is 16.3 Å². The van der Waals surface area contributed by atoms with Gasteiger partial charge in [-0.25, -0.2) is 0 Å². The minimum absolute atomic E-state index is 0.0922. The molecule has 2 aromatic carbocycles. The minimum atomic E-state index is -0.399. The molecule has 6 heteroatoms. The largest absolute Gasteiger partial charge is 0.493 e. The summed E-state index contributed by atoms with van der Waals surface area (Å²) < 4.78 is 5.65. The highest BCUT2D eigenvalue weighted by Crippen LogP contribution is 2.48. The Morgan fingerprint density at radius 1 is 1.10 bits per heavy atom. The number of rotatable bonds is 8. The van der Waals surface area contributed by atoms with Gasteiger partial charge in [-0.15, -0.1) is 0 Å². The number of amides is 2. The summed E-state index contributed by atoms with van der Waals surface area (Å²) >= 11 is 5.99. The van der Waals surface area contributed by atoms with Gasteiger partial charge in [0.25, 0.3) is 0 Å². The standard InChI is InChI=1S/C25H29ClN2O3/c26-21-10-8-20(9-11-21)25(13-14-25)24(30)27-17-19-5-4-15-28(18-19)23(29)12-16-31-22-6-2-1-3-7-22/h1-3,6-11,19H,4-5,12-18H2,(H,27,30)/t19-/m0/s1. The lowest BCUT2D eigenvalue weighted by Crippen LogP contribution is -2.45. The fourth-order valence-corrected chi connectivity index (χ4v) is 4.46. The molecule has 1 heterocycles. The van der Waals surface area contributed by atoms with Gasteiger partial charge in [0, 0.05) is 24.7 Å². The van der Waals surface area contributed by atoms with Gasteiger partial charge in [-0.05, 0) is 61.4 Å². The molecule has 1 atom stereocenters. The van der Waals surface area contributed by atoms with E-state index in [-0.39, 0.29) is 17.7 Å². The molecule has 1 aliphatic carbocycles. The third kappa shape index (κ3) is 5.40. The van der Waals surface area contributed by atoms with Gasteiger partial charge in [-0.3, -0.25) is 9.59 Å². The summed E-state index contributed by atoms with van der Waals surface area (Å²) in [6.45, 7) is 2.46. The Balaban J connectivity index is 1.23. The van der Waals surface area contributed by atoms with Gasteiger partial charge in [0.15, 0.2) is 0 Å². The van der Waals surface area contributed by atoms with Crippen molar-refractivity contribution in [3.63, 3.8) is 0 Å². The van der Waals surface area contributed by atoms with Gasteiger partial charge < -0.3 is 15.0 Å². The first-order valence-electron chi connectivity index (χ1n) is 11.1. The van der Waals surface area contributed by atoms with Crippen molar-refractivity contribution in [3.8, 4) is 5.75 Å². The van der Waals surface area contributed by atoms with Gasteiger partial charge in [0.05, 0.1) is 18.4 Å². The second-order valence-electron chi connectivity index (χ2n) is 8.56. The van der Waals surface area contributed by atoms with E-state index in [9.17, 15) is 9.59 Å². The van der Waals surface area contributed by atoms with Crippen LogP contribution in [0.5, 0.6) is 5.75 Å². The molecule has 0 aromatic heterocycles. The summed E-state index contributed by atoms with van der Waals surface area (Å²) in [5.74, 6) is 1.28. The highest BCUT2D eigenvalue weighted by Gasteiger charge is 2.51. The van der Waals surface area contributed by atoms with Crippen LogP contribution in [0, 0.1) is 5.92 Å². The van der Waals surface area contributed by atoms with Crippen LogP contribution in [0.2, 0.25) is 5.02 Å². The maximum absolute atomic E-state index is 12.9. The first-order chi connectivity index (χ1) is 15.1. The molecule has 0 spiro atoms. The molecule has 4 rings (SSSR count). The zero-order chi connectivity index (χ0) is 21.7. The van der Waals surface area contributed by atoms with Gasteiger partial charge in [-0.1, -0.05) is 41.9 Å². The van der Waals surface area contributed by atoms with Crippen LogP contribution in [0.4, 0.5) is 0 Å². The number of hydrogen-bond acceptors (Lipinski definition) is 3. The first kappa shape index (κ1) is 21.7. The number of benzene rings is 2. The lowest BCUT2D eigenvalue weighted by Gasteiger charge is -2.33. The predicted octanol–water partition coefficient (Wildman–Crippen LogP) is 4.20. The molecule has 2 aromatic rings. The van der Waals surface area contributed by atoms with Crippen LogP contribution in [-0.2, 0) is 15.0 Å². The molecule has 164 valence electrons. The zero-order valence-corrected chi connectivity index (χ0v) is 18.4. The summed E-state index contributed by atoms with van der Waals surface area (Å²) in [7, 11) is 0. The van der Waals surface area contributed by atoms with Gasteiger partial charge in [0.1, 0.15) is 5.75 Å². The number of nitrogens with one attached hydrogen (secondary N) is 1. The van der Waals surface area contributed by atoms with Crippen LogP contribution in [0.25, 0.3) is 0 Å². The summed E-state index contributed by atoms with van der Waals surface area (Å²) in [4.78, 5) is 27.4. The first-order valence-corrected chi connectivity index (χ1v) is 11.4. The van der Waals surface area contributed by atoms with Crippen molar-refractivity contribution in [2.24, 2.45) is 5.92 Å². The van der Waals surface area contributed by atoms with E-state index in [0.717, 1.165) is 43.5 Å². The van der Waals surface area contributed by atoms with Crippen LogP contribution >= 0.6 is 11.6 Å². The third-order valence-corrected chi connectivity index (χ3v) is 6.58. The van der Waals surface area contributed by atoms with Crippen LogP contribution < -0.4 is 10.1 Å². The molecule has 0 unspecified atom stereocenters. The highest BCUT2D eigenvalue weighted by atomic mass is 35.5. The smallest absolute Gasteiger partial charge is 0.230 e. The molecule has 1 N–H and O–H groups in total. The van der Waals surface area contributed by atoms with Gasteiger partial charge in [-0.2, -0.15) is 0 Å². The summed E-state index contributed by atoms with van der Waals surface area (Å²) in [6.07, 6.45) is 4.11. The number of hydrogen-bond donors (Lipinski definition) is 1. The highest BCUT2D eigenvalue weighted by molar-refractivity contribution is 6.30. The monoisotopic (exact) mass is 440 g/mol. The van der Waals surface area contributed by atoms with Crippen molar-refractivity contribution in [1.82, 2.24) is 10.2 Å². The molecule has 1 aliphatic heterocycles. The SMILES string of the molecule is O=C(CCOc1ccccc1)N1CCC[C@@H](CNC(=O)C2(c3ccc(Cl)cc3)CC2)C1. The van der Waals surface area contributed by atoms with Crippen LogP contribution in [-0.4, -0.2) is 43.0 Å². The number of carbonyl (C=O) groups is 2. The average molecular weight is 441 g/mol. The molecule has 31 heavy (non-hydrogen) atoms. The summed E-state index contributed by atoms with van der Waals surface area (Å²) in [5.41, 5.74) is 0.636. The number of likely N-dealkylation sites (tertiary alicyclic amines) is 1.